The molecule has 0 aliphatic heterocycles. The highest BCUT2D eigenvalue weighted by Gasteiger charge is 2.50. The molecule has 7 heteroatoms. The molecule has 2 aliphatic rings. The van der Waals surface area contributed by atoms with Gasteiger partial charge in [-0.2, -0.15) is 0 Å². The average Bonchev–Trinajstić information content (AvgIpc) is 3.34. The summed E-state index contributed by atoms with van der Waals surface area (Å²) in [5, 5.41) is 2.19. The van der Waals surface area contributed by atoms with Crippen LogP contribution >= 0.6 is 11.6 Å². The summed E-state index contributed by atoms with van der Waals surface area (Å²) in [7, 11) is 0. The fourth-order valence-electron chi connectivity index (χ4n) is 5.14. The van der Waals surface area contributed by atoms with Crippen LogP contribution in [0.3, 0.4) is 0 Å². The van der Waals surface area contributed by atoms with E-state index >= 15 is 0 Å². The lowest BCUT2D eigenvalue weighted by Crippen LogP contribution is -2.20. The third-order valence-electron chi connectivity index (χ3n) is 6.46. The maximum atomic E-state index is 11.4. The number of carbonyl (C=O) groups is 2. The van der Waals surface area contributed by atoms with Gasteiger partial charge in [0, 0.05) is 34.1 Å². The smallest absolute Gasteiger partial charge is 0.330 e. The van der Waals surface area contributed by atoms with Crippen LogP contribution in [0.5, 0.6) is 11.5 Å². The Labute approximate surface area is 198 Å². The highest BCUT2D eigenvalue weighted by Crippen LogP contribution is 2.64. The average molecular weight is 471 g/mol. The molecule has 0 spiro atoms. The lowest BCUT2D eigenvalue weighted by molar-refractivity contribution is -0.139. The first-order valence-electron chi connectivity index (χ1n) is 11.0. The molecule has 0 saturated heterocycles. The van der Waals surface area contributed by atoms with Gasteiger partial charge in [0.05, 0.1) is 5.02 Å². The Hall–Kier alpha value is -2.99. The quantitative estimate of drug-likeness (QED) is 0.268. The van der Waals surface area contributed by atoms with E-state index in [1.807, 2.05) is 18.2 Å². The SMILES string of the molecule is C=CC(=O)OCCOc1c2c(c(OCCOC(=O)C=C)c3c(Cl)cccc13)C1CCC2(C)C1. The Morgan fingerprint density at radius 2 is 1.70 bits per heavy atom. The molecule has 33 heavy (non-hydrogen) atoms. The zero-order valence-electron chi connectivity index (χ0n) is 18.7. The standard InChI is InChI=1S/C26H27ClO6/c1-4-19(28)30-11-13-32-24-17-7-6-8-18(27)22(17)25(33-14-12-31-20(29)5-2)21-16-9-10-26(3,15-16)23(21)24/h4-8,16H,1-2,9-15H2,3H3. The molecule has 2 unspecified atom stereocenters. The first kappa shape index (κ1) is 23.2. The van der Waals surface area contributed by atoms with Gasteiger partial charge in [-0.3, -0.25) is 0 Å². The summed E-state index contributed by atoms with van der Waals surface area (Å²) in [4.78, 5) is 22.8. The number of rotatable bonds is 10. The second-order valence-electron chi connectivity index (χ2n) is 8.55. The van der Waals surface area contributed by atoms with Crippen molar-refractivity contribution in [1.29, 1.82) is 0 Å². The number of ether oxygens (including phenoxy) is 4. The van der Waals surface area contributed by atoms with Crippen LogP contribution in [-0.4, -0.2) is 38.4 Å². The van der Waals surface area contributed by atoms with E-state index in [2.05, 4.69) is 20.1 Å². The van der Waals surface area contributed by atoms with Gasteiger partial charge in [0.1, 0.15) is 37.9 Å². The number of esters is 2. The molecule has 2 atom stereocenters. The van der Waals surface area contributed by atoms with Crippen LogP contribution in [0.1, 0.15) is 43.2 Å². The van der Waals surface area contributed by atoms with Gasteiger partial charge < -0.3 is 18.9 Å². The minimum atomic E-state index is -0.487. The second-order valence-corrected chi connectivity index (χ2v) is 8.96. The summed E-state index contributed by atoms with van der Waals surface area (Å²) in [6, 6.07) is 5.67. The Bertz CT molecular complexity index is 1120. The molecule has 0 heterocycles. The topological polar surface area (TPSA) is 71.1 Å². The highest BCUT2D eigenvalue weighted by atomic mass is 35.5. The van der Waals surface area contributed by atoms with Crippen LogP contribution in [-0.2, 0) is 24.5 Å². The van der Waals surface area contributed by atoms with Crippen LogP contribution in [0.15, 0.2) is 43.5 Å². The largest absolute Gasteiger partial charge is 0.489 e. The van der Waals surface area contributed by atoms with Crippen LogP contribution in [0.25, 0.3) is 10.8 Å². The molecule has 4 rings (SSSR count). The molecule has 174 valence electrons. The molecule has 1 fully saturated rings. The molecule has 0 radical (unpaired) electrons. The van der Waals surface area contributed by atoms with Crippen LogP contribution in [0.2, 0.25) is 5.02 Å². The van der Waals surface area contributed by atoms with E-state index in [9.17, 15) is 9.59 Å². The van der Waals surface area contributed by atoms with E-state index in [1.165, 1.54) is 0 Å². The van der Waals surface area contributed by atoms with E-state index < -0.39 is 11.9 Å². The van der Waals surface area contributed by atoms with Gasteiger partial charge in [0.15, 0.2) is 0 Å². The molecule has 2 aromatic carbocycles. The van der Waals surface area contributed by atoms with Gasteiger partial charge in [-0.15, -0.1) is 0 Å². The predicted molar refractivity (Wildman–Crippen MR) is 126 cm³/mol. The van der Waals surface area contributed by atoms with Crippen molar-refractivity contribution in [2.75, 3.05) is 26.4 Å². The number of carbonyl (C=O) groups excluding carboxylic acids is 2. The van der Waals surface area contributed by atoms with Crippen LogP contribution in [0.4, 0.5) is 0 Å². The first-order valence-corrected chi connectivity index (χ1v) is 11.4. The maximum Gasteiger partial charge on any atom is 0.330 e. The summed E-state index contributed by atoms with van der Waals surface area (Å²) < 4.78 is 22.7. The maximum absolute atomic E-state index is 11.4. The normalized spacial score (nSPS) is 20.2. The summed E-state index contributed by atoms with van der Waals surface area (Å²) in [6.45, 7) is 9.72. The fraction of sp³-hybridized carbons (Fsp3) is 0.385. The molecule has 0 aromatic heterocycles. The third-order valence-corrected chi connectivity index (χ3v) is 6.78. The van der Waals surface area contributed by atoms with E-state index in [4.69, 9.17) is 30.5 Å². The molecule has 6 nitrogen and oxygen atoms in total. The zero-order valence-corrected chi connectivity index (χ0v) is 19.4. The van der Waals surface area contributed by atoms with Crippen molar-refractivity contribution in [2.24, 2.45) is 0 Å². The van der Waals surface area contributed by atoms with Crippen molar-refractivity contribution in [2.45, 2.75) is 37.5 Å². The van der Waals surface area contributed by atoms with E-state index in [1.54, 1.807) is 0 Å². The molecule has 0 N–H and O–H groups in total. The van der Waals surface area contributed by atoms with Gasteiger partial charge >= 0.3 is 11.9 Å². The number of benzene rings is 2. The van der Waals surface area contributed by atoms with E-state index in [-0.39, 0.29) is 31.8 Å². The summed E-state index contributed by atoms with van der Waals surface area (Å²) in [5.41, 5.74) is 2.23. The van der Waals surface area contributed by atoms with Crippen LogP contribution in [0, 0.1) is 0 Å². The zero-order chi connectivity index (χ0) is 23.6. The van der Waals surface area contributed by atoms with Gasteiger partial charge in [-0.25, -0.2) is 9.59 Å². The first-order chi connectivity index (χ1) is 15.9. The summed E-state index contributed by atoms with van der Waals surface area (Å²) in [6.07, 6.45) is 5.40. The van der Waals surface area contributed by atoms with Gasteiger partial charge in [0.25, 0.3) is 0 Å². The number of fused-ring (bicyclic) bond motifs is 6. The van der Waals surface area contributed by atoms with E-state index in [0.29, 0.717) is 10.9 Å². The molecular formula is C26H27ClO6. The minimum absolute atomic E-state index is 0.0307. The summed E-state index contributed by atoms with van der Waals surface area (Å²) >= 11 is 6.67. The molecule has 2 aromatic rings. The molecule has 2 aliphatic carbocycles. The van der Waals surface area contributed by atoms with Crippen molar-refractivity contribution >= 4 is 34.3 Å². The van der Waals surface area contributed by atoms with Gasteiger partial charge in [-0.05, 0) is 36.7 Å². The van der Waals surface area contributed by atoms with Crippen LogP contribution < -0.4 is 9.47 Å². The van der Waals surface area contributed by atoms with Gasteiger partial charge in [0.2, 0.25) is 0 Å². The number of hydrogen-bond acceptors (Lipinski definition) is 6. The molecule has 0 amide bonds. The molecule has 2 bridgehead atoms. The Morgan fingerprint density at radius 1 is 1.06 bits per heavy atom. The fourth-order valence-corrected chi connectivity index (χ4v) is 5.40. The lowest BCUT2D eigenvalue weighted by atomic mass is 9.78. The van der Waals surface area contributed by atoms with Crippen molar-refractivity contribution in [3.05, 3.63) is 59.7 Å². The summed E-state index contributed by atoms with van der Waals surface area (Å²) in [5.74, 6) is 0.881. The Morgan fingerprint density at radius 3 is 2.33 bits per heavy atom. The monoisotopic (exact) mass is 470 g/mol. The minimum Gasteiger partial charge on any atom is -0.489 e. The highest BCUT2D eigenvalue weighted by molar-refractivity contribution is 6.36. The van der Waals surface area contributed by atoms with Crippen molar-refractivity contribution in [3.8, 4) is 11.5 Å². The third kappa shape index (κ3) is 4.32. The molecule has 1 saturated carbocycles. The van der Waals surface area contributed by atoms with Crippen molar-refractivity contribution < 1.29 is 28.5 Å². The Kier molecular flexibility index (Phi) is 6.66. The van der Waals surface area contributed by atoms with Crippen molar-refractivity contribution in [1.82, 2.24) is 0 Å². The Balaban J connectivity index is 1.74. The number of halogens is 1. The predicted octanol–water partition coefficient (Wildman–Crippen LogP) is 5.25. The van der Waals surface area contributed by atoms with Crippen molar-refractivity contribution in [3.63, 3.8) is 0 Å². The van der Waals surface area contributed by atoms with Gasteiger partial charge in [-0.1, -0.05) is 43.8 Å². The van der Waals surface area contributed by atoms with E-state index in [0.717, 1.165) is 64.8 Å². The number of hydrogen-bond donors (Lipinski definition) is 0. The second kappa shape index (κ2) is 9.48. The molecular weight excluding hydrogens is 444 g/mol. The lowest BCUT2D eigenvalue weighted by Gasteiger charge is -2.30.